The minimum absolute atomic E-state index is 0.0343. The fourth-order valence-corrected chi connectivity index (χ4v) is 10.6. The van der Waals surface area contributed by atoms with Crippen LogP contribution in [-0.4, -0.2) is 78.9 Å². The minimum Gasteiger partial charge on any atom is -0.423 e. The second-order valence-corrected chi connectivity index (χ2v) is 26.1. The molecule has 0 aliphatic heterocycles. The van der Waals surface area contributed by atoms with Crippen LogP contribution < -0.4 is 21.7 Å². The Bertz CT molecular complexity index is 4240. The molecule has 9 heterocycles. The second kappa shape index (κ2) is 34.6. The quantitative estimate of drug-likeness (QED) is 0.0348. The molecule has 18 nitrogen and oxygen atoms in total. The van der Waals surface area contributed by atoms with E-state index in [1.54, 1.807) is 44.4 Å². The van der Waals surface area contributed by atoms with E-state index >= 15 is 0 Å². The Kier molecular flexibility index (Phi) is 28.9. The summed E-state index contributed by atoms with van der Waals surface area (Å²) < 4.78 is 191. The molecule has 0 aliphatic carbocycles. The number of nitrogens with two attached hydrogens (primary N) is 2. The molecule has 0 atom stereocenters. The molecule has 0 saturated heterocycles. The number of nitrogens with one attached hydrogen (secondary N) is 1. The van der Waals surface area contributed by atoms with Crippen molar-refractivity contribution in [3.8, 4) is 22.5 Å². The molecule has 9 aromatic rings. The Hall–Kier alpha value is -8.08. The van der Waals surface area contributed by atoms with E-state index in [1.165, 1.54) is 36.4 Å². The van der Waals surface area contributed by atoms with E-state index < -0.39 is 94.2 Å². The van der Waals surface area contributed by atoms with Gasteiger partial charge in [0.2, 0.25) is 11.9 Å². The number of sulfonamides is 1. The SMILES string of the molecule is CC(C)c1ccncc1-c1nc(N)ccc1C(F)(F)F.CC(C)c1ccncc1-c1nc(NS(=O)(=O)c2cccc(F)n2)ccc1C(F)(F)F.CC(C)c1ccncc1B(O)O.CC(C)c1ccncc1Br.Nc1ccc(C(F)(F)F)c(Cl)n1.O=S(=O)(Cl)c1cccc(F)n1. The molecule has 0 aromatic carbocycles. The van der Waals surface area contributed by atoms with E-state index in [9.17, 15) is 65.1 Å². The lowest BCUT2D eigenvalue weighted by molar-refractivity contribution is -0.138. The zero-order valence-electron chi connectivity index (χ0n) is 51.1. The van der Waals surface area contributed by atoms with Gasteiger partial charge in [0.15, 0.2) is 10.1 Å². The molecule has 0 radical (unpaired) electrons. The molecular formula is C60H59BBrCl2F11N12O6S2. The van der Waals surface area contributed by atoms with Crippen LogP contribution >= 0.6 is 38.2 Å². The molecule has 9 rings (SSSR count). The van der Waals surface area contributed by atoms with Crippen molar-refractivity contribution < 1.29 is 75.2 Å². The largest absolute Gasteiger partial charge is 0.490 e. The average Bonchev–Trinajstić information content (AvgIpc) is 0.788. The highest BCUT2D eigenvalue weighted by molar-refractivity contribution is 9.10. The third-order valence-corrected chi connectivity index (χ3v) is 15.8. The Morgan fingerprint density at radius 2 is 0.884 bits per heavy atom. The van der Waals surface area contributed by atoms with Crippen LogP contribution in [0.1, 0.15) is 118 Å². The maximum absolute atomic E-state index is 13.6. The molecule has 0 spiro atoms. The molecule has 0 saturated carbocycles. The highest BCUT2D eigenvalue weighted by Crippen LogP contribution is 2.41. The predicted octanol–water partition coefficient (Wildman–Crippen LogP) is 14.8. The zero-order valence-corrected chi connectivity index (χ0v) is 55.8. The van der Waals surface area contributed by atoms with Crippen LogP contribution in [0.5, 0.6) is 0 Å². The number of pyridine rings is 9. The summed E-state index contributed by atoms with van der Waals surface area (Å²) in [4.78, 5) is 33.0. The minimum atomic E-state index is -4.73. The lowest BCUT2D eigenvalue weighted by atomic mass is 9.76. The smallest absolute Gasteiger partial charge is 0.423 e. The van der Waals surface area contributed by atoms with Crippen LogP contribution in [0, 0.1) is 11.9 Å². The van der Waals surface area contributed by atoms with E-state index in [0.717, 1.165) is 82.3 Å². The summed E-state index contributed by atoms with van der Waals surface area (Å²) in [6.07, 6.45) is -1.25. The monoisotopic (exact) mass is 1480 g/mol. The molecule has 0 unspecified atom stereocenters. The van der Waals surface area contributed by atoms with E-state index in [2.05, 4.69) is 74.6 Å². The van der Waals surface area contributed by atoms with Crippen molar-refractivity contribution in [1.29, 1.82) is 0 Å². The Morgan fingerprint density at radius 1 is 0.495 bits per heavy atom. The topological polar surface area (TPSA) is 289 Å². The van der Waals surface area contributed by atoms with Crippen molar-refractivity contribution in [2.75, 3.05) is 16.2 Å². The summed E-state index contributed by atoms with van der Waals surface area (Å²) in [5.41, 5.74) is 11.7. The van der Waals surface area contributed by atoms with Crippen molar-refractivity contribution in [2.45, 2.75) is 108 Å². The fraction of sp³-hybridized carbons (Fsp3) is 0.250. The molecule has 0 amide bonds. The Balaban J connectivity index is 0.000000257. The molecule has 0 aliphatic rings. The molecule has 7 N–H and O–H groups in total. The first-order chi connectivity index (χ1) is 44.0. The van der Waals surface area contributed by atoms with Crippen molar-refractivity contribution in [2.24, 2.45) is 0 Å². The number of nitrogen functional groups attached to an aromatic ring is 2. The van der Waals surface area contributed by atoms with Crippen molar-refractivity contribution in [3.05, 3.63) is 207 Å². The van der Waals surface area contributed by atoms with Crippen molar-refractivity contribution in [1.82, 2.24) is 44.9 Å². The van der Waals surface area contributed by atoms with Gasteiger partial charge in [0.05, 0.1) is 28.1 Å². The maximum Gasteiger partial charge on any atom is 0.490 e. The van der Waals surface area contributed by atoms with E-state index in [-0.39, 0.29) is 46.5 Å². The summed E-state index contributed by atoms with van der Waals surface area (Å²) >= 11 is 8.64. The van der Waals surface area contributed by atoms with Gasteiger partial charge >= 0.3 is 25.6 Å². The third kappa shape index (κ3) is 24.3. The average molecular weight is 1480 g/mol. The Labute approximate surface area is 557 Å². The first-order valence-electron chi connectivity index (χ1n) is 27.5. The molecular weight excluding hydrogens is 1420 g/mol. The normalized spacial score (nSPS) is 11.6. The maximum atomic E-state index is 13.6. The summed E-state index contributed by atoms with van der Waals surface area (Å²) in [7, 11) is -4.82. The number of aromatic nitrogens is 9. The van der Waals surface area contributed by atoms with Gasteiger partial charge in [-0.2, -0.15) is 56.7 Å². The van der Waals surface area contributed by atoms with Crippen LogP contribution in [0.15, 0.2) is 161 Å². The van der Waals surface area contributed by atoms with E-state index in [1.807, 2.05) is 50.9 Å². The number of anilines is 3. The number of alkyl halides is 9. The fourth-order valence-electron chi connectivity index (χ4n) is 8.00. The summed E-state index contributed by atoms with van der Waals surface area (Å²) in [6.45, 7) is 15.7. The number of halogens is 14. The highest BCUT2D eigenvalue weighted by atomic mass is 79.9. The molecule has 9 aromatic heterocycles. The van der Waals surface area contributed by atoms with Gasteiger partial charge in [-0.25, -0.2) is 33.3 Å². The summed E-state index contributed by atoms with van der Waals surface area (Å²) in [5.74, 6) is -1.48. The van der Waals surface area contributed by atoms with Crippen LogP contribution in [0.25, 0.3) is 22.5 Å². The summed E-state index contributed by atoms with van der Waals surface area (Å²) in [5, 5.41) is 16.2. The van der Waals surface area contributed by atoms with Crippen LogP contribution in [0.2, 0.25) is 5.15 Å². The van der Waals surface area contributed by atoms with Gasteiger partial charge < -0.3 is 21.5 Å². The summed E-state index contributed by atoms with van der Waals surface area (Å²) in [6, 6.07) is 19.2. The standard InChI is InChI=1S/C19H16F4N4O2S.C14H14F3N3.C8H12BNO2.C8H10BrN.C6H4ClF3N2.C5H3ClFNO2S/c1-11(2)12-8-9-24-10-13(12)18-14(19(21,22)23)6-7-16(26-18)27-30(28,29)17-5-3-4-15(20)25-17;1-8(2)9-5-6-19-7-10(9)13-11(14(15,16)17)3-4-12(18)20-13;1-6(2)7-3-4-10-5-8(7)9(11)12;1-6(2)7-3-4-10-5-8(7)9;7-5-3(6(8,9)10)1-2-4(11)12-5;6-11(9,10)5-3-1-2-4(7)8-5/h3-11H,1-2H3,(H,26,27);3-8H,1-2H3,(H2,18,20);3-6,11-12H,1-2H3;3-6H,1-2H3;1-2H,(H2,11,12);1-3H. The lowest BCUT2D eigenvalue weighted by Gasteiger charge is -2.17. The Morgan fingerprint density at radius 3 is 1.27 bits per heavy atom. The third-order valence-electron chi connectivity index (χ3n) is 12.4. The molecule has 0 bridgehead atoms. The highest BCUT2D eigenvalue weighted by Gasteiger charge is 2.37. The van der Waals surface area contributed by atoms with E-state index in [4.69, 9.17) is 43.8 Å². The van der Waals surface area contributed by atoms with Gasteiger partial charge in [0.25, 0.3) is 19.1 Å². The van der Waals surface area contributed by atoms with Crippen molar-refractivity contribution >= 4 is 87.3 Å². The predicted molar refractivity (Wildman–Crippen MR) is 343 cm³/mol. The lowest BCUT2D eigenvalue weighted by Crippen LogP contribution is -2.33. The van der Waals surface area contributed by atoms with Gasteiger partial charge in [-0.05, 0) is 147 Å². The van der Waals surface area contributed by atoms with Gasteiger partial charge in [-0.3, -0.25) is 24.7 Å². The first-order valence-corrected chi connectivity index (χ1v) is 32.4. The number of hydrogen-bond donors (Lipinski definition) is 5. The zero-order chi connectivity index (χ0) is 71.6. The van der Waals surface area contributed by atoms with Crippen molar-refractivity contribution in [3.63, 3.8) is 0 Å². The van der Waals surface area contributed by atoms with Crippen LogP contribution in [0.3, 0.4) is 0 Å². The van der Waals surface area contributed by atoms with Gasteiger partial charge in [0, 0.05) is 81.3 Å². The van der Waals surface area contributed by atoms with Gasteiger partial charge in [0.1, 0.15) is 22.6 Å². The van der Waals surface area contributed by atoms with Gasteiger partial charge in [-0.15, -0.1) is 0 Å². The number of hydrogen-bond acceptors (Lipinski definition) is 17. The molecule has 95 heavy (non-hydrogen) atoms. The second-order valence-electron chi connectivity index (χ2n) is 20.8. The number of nitrogens with zero attached hydrogens (tertiary/aromatic N) is 9. The molecule has 508 valence electrons. The first kappa shape index (κ1) is 79.4. The molecule has 35 heteroatoms. The number of rotatable bonds is 11. The molecule has 0 fully saturated rings. The van der Waals surface area contributed by atoms with Gasteiger partial charge in [-0.1, -0.05) is 79.1 Å². The van der Waals surface area contributed by atoms with Crippen LogP contribution in [0.4, 0.5) is 65.7 Å². The van der Waals surface area contributed by atoms with Crippen LogP contribution in [-0.2, 0) is 37.6 Å². The van der Waals surface area contributed by atoms with E-state index in [0.29, 0.717) is 22.5 Å².